The molecule has 2 nitrogen and oxygen atoms in total. The molecule has 1 aromatic carbocycles. The first kappa shape index (κ1) is 12.9. The van der Waals surface area contributed by atoms with E-state index in [1.54, 1.807) is 17.4 Å². The highest BCUT2D eigenvalue weighted by Crippen LogP contribution is 2.28. The van der Waals surface area contributed by atoms with E-state index in [9.17, 15) is 4.39 Å². The Hall–Kier alpha value is -0.590. The molecule has 0 bridgehead atoms. The average molecular weight is 380 g/mol. The third-order valence-electron chi connectivity index (χ3n) is 2.17. The number of benzene rings is 1. The molecule has 6 heteroatoms. The van der Waals surface area contributed by atoms with Crippen molar-refractivity contribution in [3.05, 3.63) is 43.2 Å². The predicted octanol–water partition coefficient (Wildman–Crippen LogP) is 4.61. The summed E-state index contributed by atoms with van der Waals surface area (Å²) in [5.74, 6) is -0.325. The lowest BCUT2D eigenvalue weighted by molar-refractivity contribution is 0.622. The molecule has 0 aliphatic heterocycles. The van der Waals surface area contributed by atoms with Gasteiger partial charge in [0, 0.05) is 17.5 Å². The van der Waals surface area contributed by atoms with E-state index in [1.807, 2.05) is 12.1 Å². The van der Waals surface area contributed by atoms with Crippen LogP contribution in [0.25, 0.3) is 0 Å². The smallest absolute Gasteiger partial charge is 0.139 e. The Labute approximate surface area is 119 Å². The zero-order chi connectivity index (χ0) is 12.4. The first-order valence-corrected chi connectivity index (χ1v) is 7.19. The van der Waals surface area contributed by atoms with E-state index in [0.717, 1.165) is 8.66 Å². The number of nitrogen functional groups attached to an aromatic ring is 1. The largest absolute Gasteiger partial charge is 0.397 e. The number of hydrogen-bond donors (Lipinski definition) is 2. The van der Waals surface area contributed by atoms with E-state index in [1.165, 1.54) is 6.07 Å². The maximum absolute atomic E-state index is 13.3. The lowest BCUT2D eigenvalue weighted by Crippen LogP contribution is -2.02. The summed E-state index contributed by atoms with van der Waals surface area (Å²) >= 11 is 8.12. The highest BCUT2D eigenvalue weighted by Gasteiger charge is 2.06. The van der Waals surface area contributed by atoms with Crippen LogP contribution >= 0.6 is 43.2 Å². The molecule has 2 rings (SSSR count). The summed E-state index contributed by atoms with van der Waals surface area (Å²) < 4.78 is 14.8. The Morgan fingerprint density at radius 3 is 2.71 bits per heavy atom. The van der Waals surface area contributed by atoms with Crippen LogP contribution in [-0.4, -0.2) is 0 Å². The molecule has 0 atom stereocenters. The maximum Gasteiger partial charge on any atom is 0.139 e. The van der Waals surface area contributed by atoms with Gasteiger partial charge in [0.05, 0.1) is 19.6 Å². The molecule has 0 saturated heterocycles. The van der Waals surface area contributed by atoms with Gasteiger partial charge in [-0.25, -0.2) is 4.39 Å². The Kier molecular flexibility index (Phi) is 4.06. The van der Waals surface area contributed by atoms with Crippen molar-refractivity contribution in [2.45, 2.75) is 6.54 Å². The molecule has 90 valence electrons. The maximum atomic E-state index is 13.3. The van der Waals surface area contributed by atoms with Gasteiger partial charge in [-0.1, -0.05) is 0 Å². The minimum Gasteiger partial charge on any atom is -0.397 e. The van der Waals surface area contributed by atoms with Gasteiger partial charge in [0.15, 0.2) is 0 Å². The minimum atomic E-state index is -0.325. The number of nitrogens with two attached hydrogens (primary N) is 1. The second kappa shape index (κ2) is 5.37. The van der Waals surface area contributed by atoms with Gasteiger partial charge >= 0.3 is 0 Å². The molecule has 1 aromatic heterocycles. The molecule has 0 unspecified atom stereocenters. The lowest BCUT2D eigenvalue weighted by Gasteiger charge is -2.09. The Morgan fingerprint density at radius 1 is 1.29 bits per heavy atom. The third-order valence-corrected chi connectivity index (χ3v) is 4.41. The van der Waals surface area contributed by atoms with Crippen molar-refractivity contribution in [2.75, 3.05) is 11.1 Å². The van der Waals surface area contributed by atoms with E-state index >= 15 is 0 Å². The van der Waals surface area contributed by atoms with Gasteiger partial charge in [0.25, 0.3) is 0 Å². The van der Waals surface area contributed by atoms with Crippen LogP contribution in [0.1, 0.15) is 4.88 Å². The number of halogens is 3. The molecule has 0 aliphatic rings. The minimum absolute atomic E-state index is 0.325. The van der Waals surface area contributed by atoms with Gasteiger partial charge in [0.2, 0.25) is 0 Å². The van der Waals surface area contributed by atoms with Crippen LogP contribution in [0.2, 0.25) is 0 Å². The number of anilines is 2. The van der Waals surface area contributed by atoms with E-state index in [2.05, 4.69) is 37.2 Å². The van der Waals surface area contributed by atoms with Gasteiger partial charge in [0.1, 0.15) is 5.82 Å². The average Bonchev–Trinajstić information content (AvgIpc) is 2.68. The van der Waals surface area contributed by atoms with Crippen molar-refractivity contribution in [3.63, 3.8) is 0 Å². The molecule has 0 saturated carbocycles. The van der Waals surface area contributed by atoms with Gasteiger partial charge in [-0.15, -0.1) is 11.3 Å². The Balaban J connectivity index is 2.11. The van der Waals surface area contributed by atoms with Crippen LogP contribution in [0.4, 0.5) is 15.8 Å². The molecule has 17 heavy (non-hydrogen) atoms. The summed E-state index contributed by atoms with van der Waals surface area (Å²) in [5, 5.41) is 3.11. The molecule has 1 heterocycles. The second-order valence-electron chi connectivity index (χ2n) is 3.41. The number of hydrogen-bond acceptors (Lipinski definition) is 3. The summed E-state index contributed by atoms with van der Waals surface area (Å²) in [6.45, 7) is 0.627. The quantitative estimate of drug-likeness (QED) is 0.764. The fourth-order valence-electron chi connectivity index (χ4n) is 1.34. The normalized spacial score (nSPS) is 10.5. The van der Waals surface area contributed by atoms with Crippen molar-refractivity contribution in [3.8, 4) is 0 Å². The number of nitrogens with one attached hydrogen (secondary N) is 1. The van der Waals surface area contributed by atoms with E-state index in [0.29, 0.717) is 22.4 Å². The third kappa shape index (κ3) is 3.20. The van der Waals surface area contributed by atoms with E-state index in [-0.39, 0.29) is 5.82 Å². The molecule has 0 radical (unpaired) electrons. The predicted molar refractivity (Wildman–Crippen MR) is 77.9 cm³/mol. The van der Waals surface area contributed by atoms with Crippen LogP contribution in [-0.2, 0) is 6.54 Å². The van der Waals surface area contributed by atoms with Crippen LogP contribution < -0.4 is 11.1 Å². The first-order valence-electron chi connectivity index (χ1n) is 4.79. The van der Waals surface area contributed by atoms with Crippen molar-refractivity contribution in [1.82, 2.24) is 0 Å². The van der Waals surface area contributed by atoms with E-state index < -0.39 is 0 Å². The molecule has 0 fully saturated rings. The molecule has 2 aromatic rings. The monoisotopic (exact) mass is 378 g/mol. The summed E-state index contributed by atoms with van der Waals surface area (Å²) in [6.07, 6.45) is 0. The summed E-state index contributed by atoms with van der Waals surface area (Å²) in [5.41, 5.74) is 6.92. The highest BCUT2D eigenvalue weighted by molar-refractivity contribution is 9.11. The second-order valence-corrected chi connectivity index (χ2v) is 6.81. The van der Waals surface area contributed by atoms with Crippen molar-refractivity contribution < 1.29 is 4.39 Å². The van der Waals surface area contributed by atoms with Crippen molar-refractivity contribution >= 4 is 54.6 Å². The SMILES string of the molecule is Nc1cc(Br)c(F)cc1NCc1ccc(Br)s1. The zero-order valence-electron chi connectivity index (χ0n) is 8.64. The fraction of sp³-hybridized carbons (Fsp3) is 0.0909. The van der Waals surface area contributed by atoms with Crippen LogP contribution in [0.15, 0.2) is 32.5 Å². The van der Waals surface area contributed by atoms with E-state index in [4.69, 9.17) is 5.73 Å². The van der Waals surface area contributed by atoms with Crippen LogP contribution in [0.3, 0.4) is 0 Å². The number of thiophene rings is 1. The molecule has 0 amide bonds. The van der Waals surface area contributed by atoms with Gasteiger partial charge in [-0.2, -0.15) is 0 Å². The number of rotatable bonds is 3. The molecule has 0 aliphatic carbocycles. The molecular formula is C11H9Br2FN2S. The highest BCUT2D eigenvalue weighted by atomic mass is 79.9. The first-order chi connectivity index (χ1) is 8.06. The van der Waals surface area contributed by atoms with Gasteiger partial charge in [-0.3, -0.25) is 0 Å². The van der Waals surface area contributed by atoms with Crippen LogP contribution in [0.5, 0.6) is 0 Å². The Morgan fingerprint density at radius 2 is 2.06 bits per heavy atom. The molecular weight excluding hydrogens is 371 g/mol. The molecule has 0 spiro atoms. The summed E-state index contributed by atoms with van der Waals surface area (Å²) in [4.78, 5) is 1.15. The topological polar surface area (TPSA) is 38.0 Å². The fourth-order valence-corrected chi connectivity index (χ4v) is 3.13. The van der Waals surface area contributed by atoms with Gasteiger partial charge < -0.3 is 11.1 Å². The van der Waals surface area contributed by atoms with Crippen molar-refractivity contribution in [1.29, 1.82) is 0 Å². The van der Waals surface area contributed by atoms with Gasteiger partial charge in [-0.05, 0) is 50.1 Å². The van der Waals surface area contributed by atoms with Crippen LogP contribution in [0, 0.1) is 5.82 Å². The zero-order valence-corrected chi connectivity index (χ0v) is 12.6. The summed E-state index contributed by atoms with van der Waals surface area (Å²) in [6, 6.07) is 6.93. The molecule has 3 N–H and O–H groups in total. The lowest BCUT2D eigenvalue weighted by atomic mass is 10.2. The standard InChI is InChI=1S/C11H9Br2FN2S/c12-7-3-9(15)10(4-8(7)14)16-5-6-1-2-11(13)17-6/h1-4,16H,5,15H2. The van der Waals surface area contributed by atoms with Crippen molar-refractivity contribution in [2.24, 2.45) is 0 Å². The summed E-state index contributed by atoms with van der Waals surface area (Å²) in [7, 11) is 0. The Bertz CT molecular complexity index is 542.